The molecule has 0 bridgehead atoms. The molecule has 2 aromatic carbocycles. The van der Waals surface area contributed by atoms with Crippen LogP contribution >= 0.6 is 11.6 Å². The van der Waals surface area contributed by atoms with Gasteiger partial charge in [0.2, 0.25) is 10.0 Å². The quantitative estimate of drug-likeness (QED) is 0.588. The number of benzene rings is 2. The molecule has 0 spiro atoms. The van der Waals surface area contributed by atoms with Gasteiger partial charge in [-0.2, -0.15) is 0 Å². The molecule has 0 saturated heterocycles. The molecule has 2 N–H and O–H groups in total. The molecular formula is C21H27ClN2O5S. The standard InChI is InChI=1S/C21H27ClN2O5S/c1-13(2)12-29-20-18(22)10-15(11-19(20)28-5)21(25)23-16-6-8-17(9-7-16)30(26,27)24-14(3)4/h6-11,13-14,24H,12H2,1-5H3,(H,23,25). The second-order valence-electron chi connectivity index (χ2n) is 7.45. The van der Waals surface area contributed by atoms with Crippen LogP contribution in [0.1, 0.15) is 38.1 Å². The van der Waals surface area contributed by atoms with Gasteiger partial charge < -0.3 is 14.8 Å². The van der Waals surface area contributed by atoms with Crippen LogP contribution in [-0.2, 0) is 10.0 Å². The Bertz CT molecular complexity index is 989. The van der Waals surface area contributed by atoms with Crippen molar-refractivity contribution in [1.82, 2.24) is 4.72 Å². The number of carbonyl (C=O) groups excluding carboxylic acids is 1. The Morgan fingerprint density at radius 2 is 1.73 bits per heavy atom. The molecule has 7 nitrogen and oxygen atoms in total. The second kappa shape index (κ2) is 10.1. The molecule has 0 atom stereocenters. The molecule has 0 radical (unpaired) electrons. The minimum absolute atomic E-state index is 0.116. The molecule has 0 aliphatic rings. The molecule has 0 heterocycles. The van der Waals surface area contributed by atoms with E-state index in [-0.39, 0.29) is 21.5 Å². The van der Waals surface area contributed by atoms with Gasteiger partial charge in [-0.25, -0.2) is 13.1 Å². The Hall–Kier alpha value is -2.29. The first-order chi connectivity index (χ1) is 14.0. The molecule has 0 aliphatic carbocycles. The number of nitrogens with one attached hydrogen (secondary N) is 2. The average Bonchev–Trinajstić information content (AvgIpc) is 2.65. The Morgan fingerprint density at radius 3 is 2.27 bits per heavy atom. The van der Waals surface area contributed by atoms with Crippen LogP contribution in [0.5, 0.6) is 11.5 Å². The summed E-state index contributed by atoms with van der Waals surface area (Å²) in [6, 6.07) is 8.72. The summed E-state index contributed by atoms with van der Waals surface area (Å²) in [5.41, 5.74) is 0.727. The topological polar surface area (TPSA) is 93.7 Å². The lowest BCUT2D eigenvalue weighted by atomic mass is 10.1. The highest BCUT2D eigenvalue weighted by Crippen LogP contribution is 2.37. The van der Waals surface area contributed by atoms with Crippen LogP contribution in [0.2, 0.25) is 5.02 Å². The number of ether oxygens (including phenoxy) is 2. The minimum atomic E-state index is -3.60. The van der Waals surface area contributed by atoms with E-state index in [1.165, 1.54) is 37.4 Å². The van der Waals surface area contributed by atoms with Gasteiger partial charge in [0.05, 0.1) is 23.6 Å². The largest absolute Gasteiger partial charge is 0.493 e. The smallest absolute Gasteiger partial charge is 0.255 e. The SMILES string of the molecule is COc1cc(C(=O)Nc2ccc(S(=O)(=O)NC(C)C)cc2)cc(Cl)c1OCC(C)C. The number of rotatable bonds is 9. The molecule has 0 unspecified atom stereocenters. The Kier molecular flexibility index (Phi) is 8.11. The number of hydrogen-bond donors (Lipinski definition) is 2. The van der Waals surface area contributed by atoms with E-state index in [2.05, 4.69) is 10.0 Å². The lowest BCUT2D eigenvalue weighted by Gasteiger charge is -2.15. The summed E-state index contributed by atoms with van der Waals surface area (Å²) < 4.78 is 37.9. The van der Waals surface area contributed by atoms with E-state index in [4.69, 9.17) is 21.1 Å². The van der Waals surface area contributed by atoms with Crippen LogP contribution in [0, 0.1) is 5.92 Å². The van der Waals surface area contributed by atoms with Crippen LogP contribution in [0.25, 0.3) is 0 Å². The van der Waals surface area contributed by atoms with Crippen LogP contribution in [-0.4, -0.2) is 34.1 Å². The van der Waals surface area contributed by atoms with Crippen molar-refractivity contribution >= 4 is 33.2 Å². The average molecular weight is 455 g/mol. The maximum absolute atomic E-state index is 12.6. The Balaban J connectivity index is 2.18. The predicted molar refractivity (Wildman–Crippen MR) is 118 cm³/mol. The van der Waals surface area contributed by atoms with Gasteiger partial charge >= 0.3 is 0 Å². The van der Waals surface area contributed by atoms with Crippen molar-refractivity contribution in [2.75, 3.05) is 19.0 Å². The number of hydrogen-bond acceptors (Lipinski definition) is 5. The number of halogens is 1. The Labute approximate surface area is 182 Å². The zero-order valence-electron chi connectivity index (χ0n) is 17.7. The van der Waals surface area contributed by atoms with E-state index >= 15 is 0 Å². The van der Waals surface area contributed by atoms with Crippen molar-refractivity contribution in [1.29, 1.82) is 0 Å². The number of carbonyl (C=O) groups is 1. The second-order valence-corrected chi connectivity index (χ2v) is 9.57. The van der Waals surface area contributed by atoms with Crippen molar-refractivity contribution in [3.05, 3.63) is 47.0 Å². The first-order valence-electron chi connectivity index (χ1n) is 9.47. The number of amides is 1. The maximum Gasteiger partial charge on any atom is 0.255 e. The van der Waals surface area contributed by atoms with Gasteiger partial charge in [-0.1, -0.05) is 25.4 Å². The van der Waals surface area contributed by atoms with Crippen molar-refractivity contribution in [3.8, 4) is 11.5 Å². The summed E-state index contributed by atoms with van der Waals surface area (Å²) >= 11 is 6.30. The third-order valence-corrected chi connectivity index (χ3v) is 5.82. The normalized spacial score (nSPS) is 11.6. The number of anilines is 1. The van der Waals surface area contributed by atoms with Crippen molar-refractivity contribution in [3.63, 3.8) is 0 Å². The third-order valence-electron chi connectivity index (χ3n) is 3.87. The van der Waals surface area contributed by atoms with Gasteiger partial charge in [-0.3, -0.25) is 4.79 Å². The number of methoxy groups -OCH3 is 1. The van der Waals surface area contributed by atoms with E-state index in [9.17, 15) is 13.2 Å². The predicted octanol–water partition coefficient (Wildman–Crippen LogP) is 4.32. The third kappa shape index (κ3) is 6.35. The fourth-order valence-corrected chi connectivity index (χ4v) is 4.06. The fraction of sp³-hybridized carbons (Fsp3) is 0.381. The van der Waals surface area contributed by atoms with Crippen molar-refractivity contribution < 1.29 is 22.7 Å². The fourth-order valence-electron chi connectivity index (χ4n) is 2.54. The lowest BCUT2D eigenvalue weighted by molar-refractivity contribution is 0.102. The van der Waals surface area contributed by atoms with E-state index < -0.39 is 15.9 Å². The van der Waals surface area contributed by atoms with Crippen LogP contribution in [0.3, 0.4) is 0 Å². The van der Waals surface area contributed by atoms with Gasteiger partial charge in [0.25, 0.3) is 5.91 Å². The monoisotopic (exact) mass is 454 g/mol. The summed E-state index contributed by atoms with van der Waals surface area (Å²) in [4.78, 5) is 12.8. The summed E-state index contributed by atoms with van der Waals surface area (Å²) in [5.74, 6) is 0.629. The summed E-state index contributed by atoms with van der Waals surface area (Å²) in [7, 11) is -2.13. The van der Waals surface area contributed by atoms with Gasteiger partial charge in [0, 0.05) is 17.3 Å². The molecule has 2 aromatic rings. The first-order valence-corrected chi connectivity index (χ1v) is 11.3. The number of sulfonamides is 1. The first kappa shape index (κ1) is 24.0. The highest BCUT2D eigenvalue weighted by Gasteiger charge is 2.18. The van der Waals surface area contributed by atoms with E-state index in [1.54, 1.807) is 19.9 Å². The van der Waals surface area contributed by atoms with Crippen molar-refractivity contribution in [2.45, 2.75) is 38.6 Å². The van der Waals surface area contributed by atoms with E-state index in [0.29, 0.717) is 29.7 Å². The van der Waals surface area contributed by atoms with Gasteiger partial charge in [0.15, 0.2) is 11.5 Å². The molecular weight excluding hydrogens is 428 g/mol. The molecule has 0 aromatic heterocycles. The zero-order chi connectivity index (χ0) is 22.5. The molecule has 0 fully saturated rings. The lowest BCUT2D eigenvalue weighted by Crippen LogP contribution is -2.30. The Morgan fingerprint density at radius 1 is 1.10 bits per heavy atom. The van der Waals surface area contributed by atoms with Gasteiger partial charge in [-0.05, 0) is 56.2 Å². The van der Waals surface area contributed by atoms with Crippen molar-refractivity contribution in [2.24, 2.45) is 5.92 Å². The molecule has 0 saturated carbocycles. The van der Waals surface area contributed by atoms with Gasteiger partial charge in [-0.15, -0.1) is 0 Å². The zero-order valence-corrected chi connectivity index (χ0v) is 19.2. The molecule has 1 amide bonds. The molecule has 9 heteroatoms. The maximum atomic E-state index is 12.6. The minimum Gasteiger partial charge on any atom is -0.493 e. The van der Waals surface area contributed by atoms with Gasteiger partial charge in [0.1, 0.15) is 0 Å². The summed E-state index contributed by atoms with van der Waals surface area (Å²) in [6.45, 7) is 7.97. The highest BCUT2D eigenvalue weighted by molar-refractivity contribution is 7.89. The molecule has 164 valence electrons. The highest BCUT2D eigenvalue weighted by atomic mass is 35.5. The van der Waals surface area contributed by atoms with Crippen LogP contribution in [0.15, 0.2) is 41.3 Å². The van der Waals surface area contributed by atoms with E-state index in [0.717, 1.165) is 0 Å². The molecule has 30 heavy (non-hydrogen) atoms. The molecule has 0 aliphatic heterocycles. The van der Waals surface area contributed by atoms with Crippen LogP contribution in [0.4, 0.5) is 5.69 Å². The van der Waals surface area contributed by atoms with E-state index in [1.807, 2.05) is 13.8 Å². The summed E-state index contributed by atoms with van der Waals surface area (Å²) in [6.07, 6.45) is 0. The molecule has 2 rings (SSSR count). The summed E-state index contributed by atoms with van der Waals surface area (Å²) in [5, 5.41) is 2.98. The van der Waals surface area contributed by atoms with Crippen LogP contribution < -0.4 is 19.5 Å².